The molecule has 0 saturated carbocycles. The van der Waals surface area contributed by atoms with Gasteiger partial charge >= 0.3 is 0 Å². The Balaban J connectivity index is 0.996. The quantitative estimate of drug-likeness (QED) is 0.149. The van der Waals surface area contributed by atoms with Crippen LogP contribution in [-0.4, -0.2) is 20.8 Å². The predicted molar refractivity (Wildman–Crippen MR) is 358 cm³/mol. The van der Waals surface area contributed by atoms with E-state index in [1.165, 1.54) is 43.7 Å². The van der Waals surface area contributed by atoms with Crippen molar-refractivity contribution in [3.8, 4) is 67.6 Å². The SMILES string of the molecule is CC(C)(C)c1cc2c3c(c1)N(c1c(-c4ccccc4)cccc1-c1ccccc1)c1ccc(-c4cc(-c5ccccc5C(C)(C)C)cc(-n5c6ccccc6c6ccccc65)n4)cc1B3c1ccc(-n3c4ccccc4c4ccccc43)cc1O2. The first-order chi connectivity index (χ1) is 41.4. The third-order valence-electron chi connectivity index (χ3n) is 17.9. The van der Waals surface area contributed by atoms with E-state index in [1.807, 2.05) is 0 Å². The molecule has 5 heterocycles. The van der Waals surface area contributed by atoms with Gasteiger partial charge in [-0.1, -0.05) is 236 Å². The summed E-state index contributed by atoms with van der Waals surface area (Å²) >= 11 is 0. The van der Waals surface area contributed by atoms with E-state index in [0.29, 0.717) is 0 Å². The van der Waals surface area contributed by atoms with Crippen LogP contribution in [0.4, 0.5) is 17.1 Å². The summed E-state index contributed by atoms with van der Waals surface area (Å²) < 4.78 is 12.3. The van der Waals surface area contributed by atoms with Crippen LogP contribution in [-0.2, 0) is 10.8 Å². The first-order valence-electron chi connectivity index (χ1n) is 29.7. The van der Waals surface area contributed by atoms with Crippen molar-refractivity contribution in [2.45, 2.75) is 52.4 Å². The molecular formula is C79H61BN4O. The van der Waals surface area contributed by atoms with Gasteiger partial charge in [-0.25, -0.2) is 4.98 Å². The van der Waals surface area contributed by atoms with Crippen LogP contribution < -0.4 is 26.0 Å². The van der Waals surface area contributed by atoms with E-state index < -0.39 is 0 Å². The Morgan fingerprint density at radius 1 is 0.376 bits per heavy atom. The van der Waals surface area contributed by atoms with Gasteiger partial charge in [0.2, 0.25) is 0 Å². The Labute approximate surface area is 496 Å². The Bertz CT molecular complexity index is 4860. The van der Waals surface area contributed by atoms with Gasteiger partial charge < -0.3 is 14.2 Å². The number of pyridine rings is 1. The van der Waals surface area contributed by atoms with Crippen LogP contribution in [0.25, 0.3) is 99.8 Å². The summed E-state index contributed by atoms with van der Waals surface area (Å²) in [6.07, 6.45) is 0. The van der Waals surface area contributed by atoms with Crippen molar-refractivity contribution < 1.29 is 4.74 Å². The van der Waals surface area contributed by atoms with Gasteiger partial charge in [-0.05, 0) is 127 Å². The highest BCUT2D eigenvalue weighted by Crippen LogP contribution is 2.51. The number of benzene rings is 11. The fraction of sp³-hybridized carbons (Fsp3) is 0.101. The summed E-state index contributed by atoms with van der Waals surface area (Å²) in [5, 5.41) is 4.85. The maximum atomic E-state index is 7.54. The molecule has 0 atom stereocenters. The van der Waals surface area contributed by atoms with Gasteiger partial charge in [0.05, 0.1) is 33.4 Å². The summed E-state index contributed by atoms with van der Waals surface area (Å²) in [6.45, 7) is 13.6. The minimum atomic E-state index is -0.219. The summed E-state index contributed by atoms with van der Waals surface area (Å²) in [5.74, 6) is 2.58. The standard InChI is InChI=1S/C79H61BN4O/c1-78(2,3)54-47-72-76-74(48-54)85-73-49-55(82-67-36-19-14-29-59(67)60-30-15-20-37-68(60)82)41-42-64(73)80(76)65-44-52(40-43-71(65)84(72)77-57(50-24-9-7-10-25-50)33-23-34-58(77)51-26-11-8-12-27-51)66-45-53(56-28-13-18-35-63(56)79(4,5)6)46-75(81-66)83-69-38-21-16-31-61(69)62-32-17-22-39-70(62)83/h7-49H,1-6H3. The molecule has 5 nitrogen and oxygen atoms in total. The zero-order valence-corrected chi connectivity index (χ0v) is 48.6. The number of hydrogen-bond donors (Lipinski definition) is 0. The zero-order chi connectivity index (χ0) is 57.3. The molecular weight excluding hydrogens is 1030 g/mol. The first kappa shape index (κ1) is 50.6. The average molecular weight is 1090 g/mol. The zero-order valence-electron chi connectivity index (χ0n) is 48.6. The monoisotopic (exact) mass is 1090 g/mol. The lowest BCUT2D eigenvalue weighted by atomic mass is 9.34. The third kappa shape index (κ3) is 8.10. The summed E-state index contributed by atoms with van der Waals surface area (Å²) in [6, 6.07) is 95.9. The maximum absolute atomic E-state index is 7.54. The van der Waals surface area contributed by atoms with Gasteiger partial charge in [-0.2, -0.15) is 0 Å². The number of nitrogens with zero attached hydrogens (tertiary/aromatic N) is 4. The van der Waals surface area contributed by atoms with Gasteiger partial charge in [0.25, 0.3) is 6.71 Å². The molecule has 0 fully saturated rings. The molecule has 14 aromatic rings. The number of aromatic nitrogens is 3. The average Bonchev–Trinajstić information content (AvgIpc) is 1.96. The van der Waals surface area contributed by atoms with Crippen molar-refractivity contribution >= 4 is 83.8 Å². The van der Waals surface area contributed by atoms with Gasteiger partial charge in [-0.3, -0.25) is 4.57 Å². The summed E-state index contributed by atoms with van der Waals surface area (Å²) in [7, 11) is 0. The number of para-hydroxylation sites is 5. The molecule has 0 amide bonds. The van der Waals surface area contributed by atoms with Gasteiger partial charge in [0, 0.05) is 55.8 Å². The predicted octanol–water partition coefficient (Wildman–Crippen LogP) is 18.9. The van der Waals surface area contributed by atoms with Gasteiger partial charge in [0.15, 0.2) is 0 Å². The smallest absolute Gasteiger partial charge is 0.256 e. The second-order valence-electron chi connectivity index (χ2n) is 25.1. The van der Waals surface area contributed by atoms with Crippen molar-refractivity contribution in [2.75, 3.05) is 4.90 Å². The van der Waals surface area contributed by atoms with Crippen molar-refractivity contribution in [1.29, 1.82) is 0 Å². The van der Waals surface area contributed by atoms with Crippen LogP contribution in [0.15, 0.2) is 261 Å². The summed E-state index contributed by atoms with van der Waals surface area (Å²) in [5.41, 5.74) is 23.3. The van der Waals surface area contributed by atoms with Crippen LogP contribution in [0.3, 0.4) is 0 Å². The molecule has 2 aliphatic heterocycles. The van der Waals surface area contributed by atoms with E-state index in [4.69, 9.17) is 9.72 Å². The normalized spacial score (nSPS) is 12.9. The second kappa shape index (κ2) is 19.2. The molecule has 406 valence electrons. The molecule has 0 radical (unpaired) electrons. The third-order valence-corrected chi connectivity index (χ3v) is 17.9. The first-order valence-corrected chi connectivity index (χ1v) is 29.7. The Hall–Kier alpha value is -10.2. The lowest BCUT2D eigenvalue weighted by Crippen LogP contribution is -2.59. The lowest BCUT2D eigenvalue weighted by molar-refractivity contribution is 0.483. The fourth-order valence-corrected chi connectivity index (χ4v) is 13.9. The van der Waals surface area contributed by atoms with E-state index in [0.717, 1.165) is 112 Å². The van der Waals surface area contributed by atoms with Crippen molar-refractivity contribution in [3.63, 3.8) is 0 Å². The molecule has 0 aliphatic carbocycles. The van der Waals surface area contributed by atoms with E-state index >= 15 is 0 Å². The van der Waals surface area contributed by atoms with Crippen LogP contribution in [0, 0.1) is 0 Å². The molecule has 0 saturated heterocycles. The second-order valence-corrected chi connectivity index (χ2v) is 25.1. The largest absolute Gasteiger partial charge is 0.458 e. The van der Waals surface area contributed by atoms with Crippen LogP contribution in [0.1, 0.15) is 52.7 Å². The molecule has 0 spiro atoms. The number of rotatable bonds is 7. The maximum Gasteiger partial charge on any atom is 0.256 e. The Kier molecular flexibility index (Phi) is 11.4. The molecule has 3 aromatic heterocycles. The molecule has 85 heavy (non-hydrogen) atoms. The highest BCUT2D eigenvalue weighted by molar-refractivity contribution is 6.99. The number of ether oxygens (including phenoxy) is 1. The molecule has 2 aliphatic rings. The molecule has 0 N–H and O–H groups in total. The van der Waals surface area contributed by atoms with E-state index in [-0.39, 0.29) is 17.5 Å². The van der Waals surface area contributed by atoms with Crippen LogP contribution in [0.2, 0.25) is 0 Å². The minimum absolute atomic E-state index is 0.118. The Morgan fingerprint density at radius 3 is 1.51 bits per heavy atom. The fourth-order valence-electron chi connectivity index (χ4n) is 13.9. The molecule has 0 bridgehead atoms. The van der Waals surface area contributed by atoms with Crippen LogP contribution >= 0.6 is 0 Å². The van der Waals surface area contributed by atoms with Gasteiger partial charge in [-0.15, -0.1) is 0 Å². The van der Waals surface area contributed by atoms with E-state index in [9.17, 15) is 0 Å². The van der Waals surface area contributed by atoms with Crippen molar-refractivity contribution in [1.82, 2.24) is 14.1 Å². The number of hydrogen-bond acceptors (Lipinski definition) is 3. The minimum Gasteiger partial charge on any atom is -0.458 e. The molecule has 6 heteroatoms. The van der Waals surface area contributed by atoms with Crippen molar-refractivity contribution in [2.24, 2.45) is 0 Å². The van der Waals surface area contributed by atoms with E-state index in [1.54, 1.807) is 0 Å². The number of fused-ring (bicyclic) bond motifs is 10. The van der Waals surface area contributed by atoms with Crippen LogP contribution in [0.5, 0.6) is 11.5 Å². The summed E-state index contributed by atoms with van der Waals surface area (Å²) in [4.78, 5) is 8.39. The molecule has 11 aromatic carbocycles. The van der Waals surface area contributed by atoms with E-state index in [2.05, 4.69) is 316 Å². The van der Waals surface area contributed by atoms with Gasteiger partial charge in [0.1, 0.15) is 17.3 Å². The molecule has 16 rings (SSSR count). The Morgan fingerprint density at radius 2 is 0.918 bits per heavy atom. The number of anilines is 3. The molecule has 0 unspecified atom stereocenters. The lowest BCUT2D eigenvalue weighted by Gasteiger charge is -2.42. The topological polar surface area (TPSA) is 35.2 Å². The highest BCUT2D eigenvalue weighted by atomic mass is 16.5. The highest BCUT2D eigenvalue weighted by Gasteiger charge is 2.44. The van der Waals surface area contributed by atoms with Crippen molar-refractivity contribution in [3.05, 3.63) is 272 Å².